The van der Waals surface area contributed by atoms with Gasteiger partial charge in [0.05, 0.1) is 0 Å². The molecule has 0 saturated carbocycles. The number of nitrogens with one attached hydrogen (secondary N) is 1. The zero-order valence-corrected chi connectivity index (χ0v) is 20.7. The molecule has 6 rings (SSSR count). The van der Waals surface area contributed by atoms with Gasteiger partial charge in [-0.1, -0.05) is 68.4 Å². The first-order valence-corrected chi connectivity index (χ1v) is 12.3. The summed E-state index contributed by atoms with van der Waals surface area (Å²) in [5.74, 6) is 0. The number of para-hydroxylation sites is 2. The molecule has 0 radical (unpaired) electrons. The lowest BCUT2D eigenvalue weighted by Gasteiger charge is -2.27. The summed E-state index contributed by atoms with van der Waals surface area (Å²) in [4.78, 5) is 3.56. The van der Waals surface area contributed by atoms with Gasteiger partial charge in [0.2, 0.25) is 0 Å². The number of hydrogen-bond donors (Lipinski definition) is 1. The van der Waals surface area contributed by atoms with Crippen molar-refractivity contribution in [2.75, 3.05) is 0 Å². The zero-order valence-electron chi connectivity index (χ0n) is 20.7. The lowest BCUT2D eigenvalue weighted by Crippen LogP contribution is -2.22. The van der Waals surface area contributed by atoms with Crippen LogP contribution in [0, 0.1) is 0 Å². The highest BCUT2D eigenvalue weighted by Crippen LogP contribution is 2.39. The number of H-pyrrole nitrogens is 1. The number of rotatable bonds is 3. The minimum atomic E-state index is -0.00815. The van der Waals surface area contributed by atoms with Gasteiger partial charge in [0.15, 0.2) is 0 Å². The highest BCUT2D eigenvalue weighted by molar-refractivity contribution is 6.10. The van der Waals surface area contributed by atoms with Crippen molar-refractivity contribution in [3.63, 3.8) is 0 Å². The van der Waals surface area contributed by atoms with Gasteiger partial charge >= 0.3 is 0 Å². The number of aromatic amines is 1. The van der Waals surface area contributed by atoms with Crippen LogP contribution in [0.2, 0.25) is 0 Å². The summed E-state index contributed by atoms with van der Waals surface area (Å²) in [5, 5.41) is 5.36. The second kappa shape index (κ2) is 7.24. The van der Waals surface area contributed by atoms with Crippen molar-refractivity contribution in [2.24, 2.45) is 0 Å². The fourth-order valence-electron chi connectivity index (χ4n) is 5.81. The quantitative estimate of drug-likeness (QED) is 0.282. The van der Waals surface area contributed by atoms with Crippen LogP contribution in [0.15, 0.2) is 84.9 Å². The van der Waals surface area contributed by atoms with E-state index in [2.05, 4.69) is 129 Å². The van der Waals surface area contributed by atoms with Crippen LogP contribution in [0.5, 0.6) is 0 Å². The molecule has 2 nitrogen and oxygen atoms in total. The number of nitrogens with zero attached hydrogens (tertiary/aromatic N) is 1. The van der Waals surface area contributed by atoms with Gasteiger partial charge in [-0.15, -0.1) is 0 Å². The smallest absolute Gasteiger partial charge is 0.0499 e. The molecule has 170 valence electrons. The van der Waals surface area contributed by atoms with Gasteiger partial charge in [-0.05, 0) is 74.1 Å². The minimum absolute atomic E-state index is 0.00815. The molecule has 0 aliphatic carbocycles. The first-order valence-electron chi connectivity index (χ1n) is 12.3. The lowest BCUT2D eigenvalue weighted by atomic mass is 9.78. The maximum Gasteiger partial charge on any atom is 0.0499 e. The van der Waals surface area contributed by atoms with Gasteiger partial charge in [0, 0.05) is 49.2 Å². The molecule has 0 bridgehead atoms. The molecule has 0 unspecified atom stereocenters. The third-order valence-corrected chi connectivity index (χ3v) is 7.37. The molecule has 0 atom stereocenters. The largest absolute Gasteiger partial charge is 0.355 e. The highest BCUT2D eigenvalue weighted by Gasteiger charge is 2.26. The molecule has 4 aromatic carbocycles. The predicted molar refractivity (Wildman–Crippen MR) is 147 cm³/mol. The van der Waals surface area contributed by atoms with E-state index in [0.717, 1.165) is 6.42 Å². The van der Waals surface area contributed by atoms with Crippen molar-refractivity contribution >= 4 is 43.6 Å². The molecule has 0 fully saturated rings. The third kappa shape index (κ3) is 3.16. The molecular formula is C32H32N2. The first-order chi connectivity index (χ1) is 16.2. The molecule has 34 heavy (non-hydrogen) atoms. The SMILES string of the molecule is CC(C)(Cc1cccc2c1c1ccccc1n2C(C)(C)C)c1ccc2[nH]c3ccccc3c2c1. The van der Waals surface area contributed by atoms with Crippen LogP contribution in [0.3, 0.4) is 0 Å². The molecule has 2 heterocycles. The van der Waals surface area contributed by atoms with Crippen molar-refractivity contribution in [3.05, 3.63) is 96.1 Å². The molecule has 0 aliphatic rings. The van der Waals surface area contributed by atoms with Gasteiger partial charge in [0.1, 0.15) is 0 Å². The van der Waals surface area contributed by atoms with Crippen molar-refractivity contribution in [2.45, 2.75) is 52.0 Å². The van der Waals surface area contributed by atoms with E-state index in [-0.39, 0.29) is 11.0 Å². The van der Waals surface area contributed by atoms with Gasteiger partial charge in [0.25, 0.3) is 0 Å². The molecule has 6 aromatic rings. The molecular weight excluding hydrogens is 412 g/mol. The third-order valence-electron chi connectivity index (χ3n) is 7.37. The van der Waals surface area contributed by atoms with Crippen LogP contribution in [0.1, 0.15) is 45.7 Å². The van der Waals surface area contributed by atoms with E-state index >= 15 is 0 Å². The Kier molecular flexibility index (Phi) is 4.48. The normalized spacial score (nSPS) is 13.0. The number of fused-ring (bicyclic) bond motifs is 6. The second-order valence-corrected chi connectivity index (χ2v) is 11.3. The summed E-state index contributed by atoms with van der Waals surface area (Å²) in [5.41, 5.74) is 7.84. The fraction of sp³-hybridized carbons (Fsp3) is 0.250. The summed E-state index contributed by atoms with van der Waals surface area (Å²) in [6.07, 6.45) is 0.982. The van der Waals surface area contributed by atoms with Crippen LogP contribution in [0.4, 0.5) is 0 Å². The Morgan fingerprint density at radius 3 is 2.12 bits per heavy atom. The molecule has 0 amide bonds. The van der Waals surface area contributed by atoms with E-state index in [1.165, 1.54) is 54.7 Å². The highest BCUT2D eigenvalue weighted by atomic mass is 15.0. The monoisotopic (exact) mass is 444 g/mol. The number of benzene rings is 4. The van der Waals surface area contributed by atoms with E-state index in [1.807, 2.05) is 0 Å². The van der Waals surface area contributed by atoms with Crippen molar-refractivity contribution < 1.29 is 0 Å². The van der Waals surface area contributed by atoms with Gasteiger partial charge in [-0.2, -0.15) is 0 Å². The maximum atomic E-state index is 3.56. The van der Waals surface area contributed by atoms with Crippen LogP contribution < -0.4 is 0 Å². The van der Waals surface area contributed by atoms with Crippen LogP contribution in [0.25, 0.3) is 43.6 Å². The van der Waals surface area contributed by atoms with E-state index < -0.39 is 0 Å². The minimum Gasteiger partial charge on any atom is -0.355 e. The second-order valence-electron chi connectivity index (χ2n) is 11.3. The van der Waals surface area contributed by atoms with Gasteiger partial charge < -0.3 is 9.55 Å². The summed E-state index contributed by atoms with van der Waals surface area (Å²) >= 11 is 0. The summed E-state index contributed by atoms with van der Waals surface area (Å²) in [6, 6.07) is 31.3. The molecule has 0 saturated heterocycles. The van der Waals surface area contributed by atoms with E-state index in [0.29, 0.717) is 0 Å². The molecule has 0 aliphatic heterocycles. The Balaban J connectivity index is 1.52. The zero-order chi connectivity index (χ0) is 23.7. The molecule has 1 N–H and O–H groups in total. The standard InChI is InChI=1S/C32H32N2/c1-31(2,3)34-28-15-9-7-13-24(28)30-21(11-10-16-29(30)34)20-32(4,5)22-17-18-27-25(19-22)23-12-6-8-14-26(23)33-27/h6-19,33H,20H2,1-5H3. The van der Waals surface area contributed by atoms with Crippen LogP contribution >= 0.6 is 0 Å². The van der Waals surface area contributed by atoms with Crippen molar-refractivity contribution in [1.82, 2.24) is 9.55 Å². The summed E-state index contributed by atoms with van der Waals surface area (Å²) in [6.45, 7) is 11.7. The summed E-state index contributed by atoms with van der Waals surface area (Å²) < 4.78 is 2.51. The maximum absolute atomic E-state index is 3.56. The average molecular weight is 445 g/mol. The average Bonchev–Trinajstić information content (AvgIpc) is 3.34. The van der Waals surface area contributed by atoms with Gasteiger partial charge in [-0.25, -0.2) is 0 Å². The fourth-order valence-corrected chi connectivity index (χ4v) is 5.81. The topological polar surface area (TPSA) is 20.7 Å². The molecule has 2 heteroatoms. The Morgan fingerprint density at radius 1 is 0.647 bits per heavy atom. The van der Waals surface area contributed by atoms with E-state index in [1.54, 1.807) is 0 Å². The van der Waals surface area contributed by atoms with Gasteiger partial charge in [-0.3, -0.25) is 0 Å². The molecule has 2 aromatic heterocycles. The molecule has 0 spiro atoms. The van der Waals surface area contributed by atoms with Crippen LogP contribution in [-0.4, -0.2) is 9.55 Å². The predicted octanol–water partition coefficient (Wildman–Crippen LogP) is 8.70. The van der Waals surface area contributed by atoms with Crippen molar-refractivity contribution in [3.8, 4) is 0 Å². The number of aromatic nitrogens is 2. The Bertz CT molecular complexity index is 1690. The summed E-state index contributed by atoms with van der Waals surface area (Å²) in [7, 11) is 0. The van der Waals surface area contributed by atoms with Crippen molar-refractivity contribution in [1.29, 1.82) is 0 Å². The lowest BCUT2D eigenvalue weighted by molar-refractivity contribution is 0.423. The Labute approximate surface area is 201 Å². The Hall–Kier alpha value is -3.52. The van der Waals surface area contributed by atoms with E-state index in [9.17, 15) is 0 Å². The first kappa shape index (κ1) is 21.0. The van der Waals surface area contributed by atoms with E-state index in [4.69, 9.17) is 0 Å². The van der Waals surface area contributed by atoms with Crippen LogP contribution in [-0.2, 0) is 17.4 Å². The Morgan fingerprint density at radius 2 is 1.32 bits per heavy atom. The number of hydrogen-bond acceptors (Lipinski definition) is 0.